The molecule has 2 aromatic rings. The van der Waals surface area contributed by atoms with E-state index in [1.54, 1.807) is 12.4 Å². The maximum Gasteiger partial charge on any atom is 0.172 e. The number of aryl methyl sites for hydroxylation is 1. The summed E-state index contributed by atoms with van der Waals surface area (Å²) in [4.78, 5) is 16.5. The predicted molar refractivity (Wildman–Crippen MR) is 73.1 cm³/mol. The highest BCUT2D eigenvalue weighted by Gasteiger charge is 2.38. The van der Waals surface area contributed by atoms with Crippen molar-refractivity contribution in [1.29, 1.82) is 0 Å². The van der Waals surface area contributed by atoms with Crippen molar-refractivity contribution in [3.63, 3.8) is 0 Å². The Morgan fingerprint density at radius 1 is 1.26 bits per heavy atom. The lowest BCUT2D eigenvalue weighted by molar-refractivity contribution is 0.0804. The van der Waals surface area contributed by atoms with Crippen LogP contribution in [0.2, 0.25) is 0 Å². The minimum Gasteiger partial charge on any atom is -0.460 e. The van der Waals surface area contributed by atoms with Gasteiger partial charge in [0.2, 0.25) is 0 Å². The fourth-order valence-electron chi connectivity index (χ4n) is 2.70. The van der Waals surface area contributed by atoms with E-state index in [1.165, 1.54) is 0 Å². The van der Waals surface area contributed by atoms with Crippen molar-refractivity contribution in [2.75, 3.05) is 0 Å². The summed E-state index contributed by atoms with van der Waals surface area (Å²) in [5.41, 5.74) is 2.45. The van der Waals surface area contributed by atoms with Gasteiger partial charge in [-0.25, -0.2) is 0 Å². The molecule has 2 aromatic heterocycles. The van der Waals surface area contributed by atoms with Gasteiger partial charge in [-0.15, -0.1) is 0 Å². The Labute approximate surface area is 112 Å². The molecule has 0 aliphatic heterocycles. The molecule has 0 saturated carbocycles. The van der Waals surface area contributed by atoms with Crippen molar-refractivity contribution in [1.82, 2.24) is 4.98 Å². The minimum atomic E-state index is -0.281. The minimum absolute atomic E-state index is 0.204. The first-order valence-corrected chi connectivity index (χ1v) is 6.58. The summed E-state index contributed by atoms with van der Waals surface area (Å²) in [5.74, 6) is 1.85. The van der Waals surface area contributed by atoms with E-state index in [2.05, 4.69) is 4.98 Å². The molecule has 0 radical (unpaired) electrons. The van der Waals surface area contributed by atoms with Crippen LogP contribution in [0.25, 0.3) is 11.3 Å². The standard InChI is InChI=1S/C16H17NO2/c1-10-13-12(4-7-16(2,3)15(13)18)19-14(10)11-5-8-17-9-6-11/h5-6,8-9H,4,7H2,1-3H3. The van der Waals surface area contributed by atoms with Crippen LogP contribution in [0.1, 0.15) is 41.9 Å². The molecule has 98 valence electrons. The van der Waals surface area contributed by atoms with Crippen LogP contribution in [0.3, 0.4) is 0 Å². The molecule has 3 heteroatoms. The van der Waals surface area contributed by atoms with E-state index in [-0.39, 0.29) is 11.2 Å². The summed E-state index contributed by atoms with van der Waals surface area (Å²) in [6, 6.07) is 3.82. The smallest absolute Gasteiger partial charge is 0.172 e. The van der Waals surface area contributed by atoms with Crippen molar-refractivity contribution >= 4 is 5.78 Å². The van der Waals surface area contributed by atoms with Crippen molar-refractivity contribution in [2.24, 2.45) is 5.41 Å². The SMILES string of the molecule is Cc1c(-c2ccncc2)oc2c1C(=O)C(C)(C)CC2. The molecule has 0 fully saturated rings. The van der Waals surface area contributed by atoms with Crippen molar-refractivity contribution in [3.05, 3.63) is 41.4 Å². The molecule has 0 bridgehead atoms. The van der Waals surface area contributed by atoms with Crippen LogP contribution < -0.4 is 0 Å². The molecule has 1 aliphatic rings. The molecule has 0 amide bonds. The number of carbonyl (C=O) groups excluding carboxylic acids is 1. The number of hydrogen-bond acceptors (Lipinski definition) is 3. The molecule has 0 spiro atoms. The van der Waals surface area contributed by atoms with Gasteiger partial charge in [-0.05, 0) is 25.5 Å². The second-order valence-corrected chi connectivity index (χ2v) is 5.80. The van der Waals surface area contributed by atoms with Crippen LogP contribution in [0.15, 0.2) is 28.9 Å². The molecular weight excluding hydrogens is 238 g/mol. The maximum absolute atomic E-state index is 12.5. The van der Waals surface area contributed by atoms with Crippen molar-refractivity contribution in [2.45, 2.75) is 33.6 Å². The predicted octanol–water partition coefficient (Wildman–Crippen LogP) is 3.81. The van der Waals surface area contributed by atoms with Crippen molar-refractivity contribution < 1.29 is 9.21 Å². The fraction of sp³-hybridized carbons (Fsp3) is 0.375. The number of pyridine rings is 1. The highest BCUT2D eigenvalue weighted by atomic mass is 16.3. The summed E-state index contributed by atoms with van der Waals surface area (Å²) in [7, 11) is 0. The summed E-state index contributed by atoms with van der Waals surface area (Å²) in [6.07, 6.45) is 5.16. The van der Waals surface area contributed by atoms with Gasteiger partial charge in [0.05, 0.1) is 5.56 Å². The van der Waals surface area contributed by atoms with E-state index >= 15 is 0 Å². The first-order valence-electron chi connectivity index (χ1n) is 6.58. The Balaban J connectivity index is 2.16. The molecule has 1 aliphatic carbocycles. The highest BCUT2D eigenvalue weighted by molar-refractivity contribution is 6.04. The Morgan fingerprint density at radius 2 is 1.95 bits per heavy atom. The van der Waals surface area contributed by atoms with Gasteiger partial charge < -0.3 is 4.42 Å². The molecule has 0 atom stereocenters. The second-order valence-electron chi connectivity index (χ2n) is 5.80. The normalized spacial score (nSPS) is 17.3. The van der Waals surface area contributed by atoms with Gasteiger partial charge in [0.1, 0.15) is 11.5 Å². The number of nitrogens with zero attached hydrogens (tertiary/aromatic N) is 1. The number of hydrogen-bond donors (Lipinski definition) is 0. The van der Waals surface area contributed by atoms with E-state index < -0.39 is 0 Å². The lowest BCUT2D eigenvalue weighted by Crippen LogP contribution is -2.30. The number of carbonyl (C=O) groups is 1. The number of rotatable bonds is 1. The molecule has 3 rings (SSSR count). The molecule has 0 aromatic carbocycles. The van der Waals surface area contributed by atoms with Crippen LogP contribution in [-0.2, 0) is 6.42 Å². The number of furan rings is 1. The highest BCUT2D eigenvalue weighted by Crippen LogP contribution is 2.41. The lowest BCUT2D eigenvalue weighted by atomic mass is 9.74. The van der Waals surface area contributed by atoms with E-state index in [4.69, 9.17) is 4.42 Å². The van der Waals surface area contributed by atoms with Gasteiger partial charge in [-0.1, -0.05) is 13.8 Å². The van der Waals surface area contributed by atoms with Crippen LogP contribution in [0, 0.1) is 12.3 Å². The van der Waals surface area contributed by atoms with Crippen LogP contribution in [0.5, 0.6) is 0 Å². The third-order valence-corrected chi connectivity index (χ3v) is 3.98. The monoisotopic (exact) mass is 255 g/mol. The van der Waals surface area contributed by atoms with Crippen LogP contribution >= 0.6 is 0 Å². The largest absolute Gasteiger partial charge is 0.460 e. The maximum atomic E-state index is 12.5. The summed E-state index contributed by atoms with van der Waals surface area (Å²) in [5, 5.41) is 0. The number of aromatic nitrogens is 1. The Kier molecular flexibility index (Phi) is 2.59. The number of ketones is 1. The Hall–Kier alpha value is -1.90. The zero-order valence-electron chi connectivity index (χ0n) is 11.5. The molecule has 0 N–H and O–H groups in total. The first kappa shape index (κ1) is 12.2. The van der Waals surface area contributed by atoms with E-state index in [0.717, 1.165) is 41.1 Å². The summed E-state index contributed by atoms with van der Waals surface area (Å²) >= 11 is 0. The summed E-state index contributed by atoms with van der Waals surface area (Å²) in [6.45, 7) is 5.99. The average molecular weight is 255 g/mol. The molecular formula is C16H17NO2. The molecule has 0 saturated heterocycles. The van der Waals surface area contributed by atoms with E-state index in [0.29, 0.717) is 0 Å². The summed E-state index contributed by atoms with van der Waals surface area (Å²) < 4.78 is 5.94. The van der Waals surface area contributed by atoms with Gasteiger partial charge in [0, 0.05) is 35.4 Å². The van der Waals surface area contributed by atoms with Gasteiger partial charge in [0.15, 0.2) is 5.78 Å². The quantitative estimate of drug-likeness (QED) is 0.778. The molecule has 19 heavy (non-hydrogen) atoms. The molecule has 3 nitrogen and oxygen atoms in total. The van der Waals surface area contributed by atoms with Gasteiger partial charge in [0.25, 0.3) is 0 Å². The molecule has 0 unspecified atom stereocenters. The zero-order valence-corrected chi connectivity index (χ0v) is 11.5. The van der Waals surface area contributed by atoms with Gasteiger partial charge in [-0.3, -0.25) is 9.78 Å². The average Bonchev–Trinajstić information content (AvgIpc) is 2.73. The van der Waals surface area contributed by atoms with Crippen LogP contribution in [0.4, 0.5) is 0 Å². The third-order valence-electron chi connectivity index (χ3n) is 3.98. The Bertz CT molecular complexity index is 638. The van der Waals surface area contributed by atoms with E-state index in [1.807, 2.05) is 32.9 Å². The van der Waals surface area contributed by atoms with Crippen molar-refractivity contribution in [3.8, 4) is 11.3 Å². The van der Waals surface area contributed by atoms with Gasteiger partial charge >= 0.3 is 0 Å². The fourth-order valence-corrected chi connectivity index (χ4v) is 2.70. The lowest BCUT2D eigenvalue weighted by Gasteiger charge is -2.27. The van der Waals surface area contributed by atoms with Crippen LogP contribution in [-0.4, -0.2) is 10.8 Å². The topological polar surface area (TPSA) is 43.1 Å². The molecule has 2 heterocycles. The first-order chi connectivity index (χ1) is 9.00. The zero-order chi connectivity index (χ0) is 13.6. The third kappa shape index (κ3) is 1.81. The number of Topliss-reactive ketones (excluding diaryl/α,β-unsaturated/α-hetero) is 1. The van der Waals surface area contributed by atoms with Gasteiger partial charge in [-0.2, -0.15) is 0 Å². The Morgan fingerprint density at radius 3 is 2.63 bits per heavy atom. The second kappa shape index (κ2) is 4.05. The van der Waals surface area contributed by atoms with E-state index in [9.17, 15) is 4.79 Å². The number of fused-ring (bicyclic) bond motifs is 1.